The summed E-state index contributed by atoms with van der Waals surface area (Å²) in [5.74, 6) is 3.60. The Morgan fingerprint density at radius 3 is 2.89 bits per heavy atom. The van der Waals surface area contributed by atoms with E-state index in [1.165, 1.54) is 6.42 Å². The highest BCUT2D eigenvalue weighted by Gasteiger charge is 2.36. The molecule has 0 amide bonds. The second-order valence-corrected chi connectivity index (χ2v) is 5.48. The first kappa shape index (κ1) is 12.4. The molecular weight excluding hydrogens is 236 g/mol. The van der Waals surface area contributed by atoms with Gasteiger partial charge in [-0.25, -0.2) is 0 Å². The smallest absolute Gasteiger partial charge is 0.117 e. The zero-order chi connectivity index (χ0) is 13.2. The van der Waals surface area contributed by atoms with Gasteiger partial charge in [0.05, 0.1) is 12.2 Å². The lowest BCUT2D eigenvalue weighted by atomic mass is 10.2. The lowest BCUT2D eigenvalue weighted by molar-refractivity contribution is 0.428. The molecule has 0 bridgehead atoms. The Morgan fingerprint density at radius 2 is 2.21 bits per heavy atom. The van der Waals surface area contributed by atoms with E-state index in [2.05, 4.69) is 36.3 Å². The van der Waals surface area contributed by atoms with Crippen molar-refractivity contribution in [2.75, 3.05) is 0 Å². The molecule has 3 atom stereocenters. The van der Waals surface area contributed by atoms with E-state index < -0.39 is 0 Å². The van der Waals surface area contributed by atoms with Crippen LogP contribution in [0.25, 0.3) is 0 Å². The molecule has 2 heterocycles. The van der Waals surface area contributed by atoms with E-state index in [1.54, 1.807) is 0 Å². The first-order chi connectivity index (χ1) is 9.24. The van der Waals surface area contributed by atoms with Crippen molar-refractivity contribution in [1.29, 1.82) is 0 Å². The Hall–Kier alpha value is -1.61. The summed E-state index contributed by atoms with van der Waals surface area (Å²) in [6, 6.07) is 10.4. The van der Waals surface area contributed by atoms with E-state index in [1.807, 2.05) is 24.4 Å². The lowest BCUT2D eigenvalue weighted by Gasteiger charge is -2.11. The van der Waals surface area contributed by atoms with E-state index in [0.717, 1.165) is 29.7 Å². The molecule has 1 N–H and O–H groups in total. The van der Waals surface area contributed by atoms with Crippen molar-refractivity contribution in [2.45, 2.75) is 38.8 Å². The van der Waals surface area contributed by atoms with Gasteiger partial charge in [-0.1, -0.05) is 13.0 Å². The molecule has 19 heavy (non-hydrogen) atoms. The molecule has 0 saturated heterocycles. The average Bonchev–Trinajstić information content (AvgIpc) is 3.00. The summed E-state index contributed by atoms with van der Waals surface area (Å²) in [5, 5.41) is 3.44. The van der Waals surface area contributed by atoms with E-state index in [-0.39, 0.29) is 6.04 Å². The Kier molecular flexibility index (Phi) is 3.38. The molecule has 3 nitrogen and oxygen atoms in total. The van der Waals surface area contributed by atoms with Crippen LogP contribution in [-0.4, -0.2) is 4.98 Å². The second kappa shape index (κ2) is 5.17. The molecule has 1 fully saturated rings. The number of hydrogen-bond donors (Lipinski definition) is 1. The summed E-state index contributed by atoms with van der Waals surface area (Å²) >= 11 is 0. The Balaban J connectivity index is 1.56. The molecule has 100 valence electrons. The van der Waals surface area contributed by atoms with Crippen molar-refractivity contribution in [3.63, 3.8) is 0 Å². The molecule has 3 heteroatoms. The first-order valence-electron chi connectivity index (χ1n) is 6.97. The first-order valence-corrected chi connectivity index (χ1v) is 6.97. The highest BCUT2D eigenvalue weighted by Crippen LogP contribution is 2.47. The van der Waals surface area contributed by atoms with Gasteiger partial charge < -0.3 is 9.73 Å². The number of pyridine rings is 1. The number of hydrogen-bond acceptors (Lipinski definition) is 3. The zero-order valence-electron chi connectivity index (χ0n) is 11.5. The van der Waals surface area contributed by atoms with Crippen molar-refractivity contribution in [2.24, 2.45) is 5.92 Å². The number of furan rings is 1. The molecule has 1 aliphatic carbocycles. The minimum absolute atomic E-state index is 0.231. The quantitative estimate of drug-likeness (QED) is 0.887. The van der Waals surface area contributed by atoms with Crippen molar-refractivity contribution in [3.8, 4) is 0 Å². The van der Waals surface area contributed by atoms with Crippen molar-refractivity contribution < 1.29 is 4.42 Å². The van der Waals surface area contributed by atoms with Gasteiger partial charge in [0, 0.05) is 18.2 Å². The van der Waals surface area contributed by atoms with Gasteiger partial charge in [0.2, 0.25) is 0 Å². The summed E-state index contributed by atoms with van der Waals surface area (Å²) in [4.78, 5) is 4.35. The van der Waals surface area contributed by atoms with Crippen molar-refractivity contribution in [1.82, 2.24) is 10.3 Å². The summed E-state index contributed by atoms with van der Waals surface area (Å²) in [5.41, 5.74) is 1.06. The Bertz CT molecular complexity index is 535. The minimum Gasteiger partial charge on any atom is -0.464 e. The van der Waals surface area contributed by atoms with Gasteiger partial charge in [-0.05, 0) is 43.5 Å². The highest BCUT2D eigenvalue weighted by molar-refractivity contribution is 5.17. The molecule has 0 spiro atoms. The second-order valence-electron chi connectivity index (χ2n) is 5.48. The standard InChI is InChI=1S/C16H20N2O/c1-11-9-14(11)16-7-6-13(19-16)10-18-12(2)15-5-3-4-8-17-15/h3-8,11-12,14,18H,9-10H2,1-2H3. The number of nitrogens with zero attached hydrogens (tertiary/aromatic N) is 1. The van der Waals surface area contributed by atoms with Crippen LogP contribution in [0.2, 0.25) is 0 Å². The Labute approximate surface area is 114 Å². The van der Waals surface area contributed by atoms with Crippen LogP contribution in [0.3, 0.4) is 0 Å². The van der Waals surface area contributed by atoms with Crippen LogP contribution in [0, 0.1) is 5.92 Å². The molecule has 3 unspecified atom stereocenters. The van der Waals surface area contributed by atoms with E-state index in [9.17, 15) is 0 Å². The van der Waals surface area contributed by atoms with Crippen LogP contribution in [0.15, 0.2) is 40.9 Å². The van der Waals surface area contributed by atoms with Gasteiger partial charge in [-0.15, -0.1) is 0 Å². The van der Waals surface area contributed by atoms with Crippen LogP contribution in [0.4, 0.5) is 0 Å². The van der Waals surface area contributed by atoms with Crippen LogP contribution < -0.4 is 5.32 Å². The molecule has 3 rings (SSSR count). The normalized spacial score (nSPS) is 23.3. The predicted molar refractivity (Wildman–Crippen MR) is 74.7 cm³/mol. The third-order valence-corrected chi connectivity index (χ3v) is 3.87. The van der Waals surface area contributed by atoms with Gasteiger partial charge in [0.25, 0.3) is 0 Å². The maximum absolute atomic E-state index is 5.88. The topological polar surface area (TPSA) is 38.1 Å². The van der Waals surface area contributed by atoms with E-state index in [0.29, 0.717) is 5.92 Å². The fraction of sp³-hybridized carbons (Fsp3) is 0.438. The van der Waals surface area contributed by atoms with Gasteiger partial charge in [-0.2, -0.15) is 0 Å². The zero-order valence-corrected chi connectivity index (χ0v) is 11.5. The third-order valence-electron chi connectivity index (χ3n) is 3.87. The summed E-state index contributed by atoms with van der Waals surface area (Å²) in [6.45, 7) is 5.14. The predicted octanol–water partition coefficient (Wildman–Crippen LogP) is 3.65. The molecule has 2 aromatic rings. The van der Waals surface area contributed by atoms with Crippen LogP contribution in [-0.2, 0) is 6.54 Å². The summed E-state index contributed by atoms with van der Waals surface area (Å²) in [7, 11) is 0. The minimum atomic E-state index is 0.231. The number of aromatic nitrogens is 1. The monoisotopic (exact) mass is 256 g/mol. The molecule has 1 saturated carbocycles. The molecule has 0 aliphatic heterocycles. The lowest BCUT2D eigenvalue weighted by Crippen LogP contribution is -2.18. The largest absolute Gasteiger partial charge is 0.464 e. The van der Waals surface area contributed by atoms with Crippen LogP contribution >= 0.6 is 0 Å². The average molecular weight is 256 g/mol. The molecule has 0 aromatic carbocycles. The van der Waals surface area contributed by atoms with E-state index >= 15 is 0 Å². The third kappa shape index (κ3) is 2.87. The maximum atomic E-state index is 5.88. The molecule has 2 aromatic heterocycles. The van der Waals surface area contributed by atoms with Crippen molar-refractivity contribution in [3.05, 3.63) is 53.7 Å². The fourth-order valence-electron chi connectivity index (χ4n) is 2.40. The molecule has 0 radical (unpaired) electrons. The van der Waals surface area contributed by atoms with Gasteiger partial charge in [0.1, 0.15) is 11.5 Å². The van der Waals surface area contributed by atoms with Crippen LogP contribution in [0.1, 0.15) is 49.4 Å². The molecular formula is C16H20N2O. The fourth-order valence-corrected chi connectivity index (χ4v) is 2.40. The molecule has 1 aliphatic rings. The van der Waals surface area contributed by atoms with E-state index in [4.69, 9.17) is 4.42 Å². The van der Waals surface area contributed by atoms with Crippen molar-refractivity contribution >= 4 is 0 Å². The van der Waals surface area contributed by atoms with Gasteiger partial charge in [0.15, 0.2) is 0 Å². The highest BCUT2D eigenvalue weighted by atomic mass is 16.3. The van der Waals surface area contributed by atoms with Crippen LogP contribution in [0.5, 0.6) is 0 Å². The number of rotatable bonds is 5. The maximum Gasteiger partial charge on any atom is 0.117 e. The van der Waals surface area contributed by atoms with Gasteiger partial charge >= 0.3 is 0 Å². The Morgan fingerprint density at radius 1 is 1.37 bits per heavy atom. The summed E-state index contributed by atoms with van der Waals surface area (Å²) in [6.07, 6.45) is 3.09. The summed E-state index contributed by atoms with van der Waals surface area (Å²) < 4.78 is 5.88. The SMILES string of the molecule is CC(NCc1ccc(C2CC2C)o1)c1ccccn1. The number of nitrogens with one attached hydrogen (secondary N) is 1. The van der Waals surface area contributed by atoms with Gasteiger partial charge in [-0.3, -0.25) is 4.98 Å².